The fourth-order valence-corrected chi connectivity index (χ4v) is 2.95. The maximum Gasteiger partial charge on any atom is 0.262 e. The molecule has 1 N–H and O–H groups in total. The van der Waals surface area contributed by atoms with E-state index >= 15 is 0 Å². The second kappa shape index (κ2) is 5.43. The summed E-state index contributed by atoms with van der Waals surface area (Å²) in [6, 6.07) is 7.44. The minimum Gasteiger partial charge on any atom is -0.389 e. The maximum absolute atomic E-state index is 12.4. The molecule has 1 aromatic carbocycles. The highest BCUT2D eigenvalue weighted by atomic mass is 16.3. The lowest BCUT2D eigenvalue weighted by atomic mass is 10.1. The first-order chi connectivity index (χ1) is 10.8. The Labute approximate surface area is 133 Å². The van der Waals surface area contributed by atoms with Crippen LogP contribution in [-0.2, 0) is 13.6 Å². The van der Waals surface area contributed by atoms with E-state index < -0.39 is 5.60 Å². The van der Waals surface area contributed by atoms with Crippen molar-refractivity contribution in [2.75, 3.05) is 13.6 Å². The van der Waals surface area contributed by atoms with Crippen LogP contribution >= 0.6 is 0 Å². The summed E-state index contributed by atoms with van der Waals surface area (Å²) >= 11 is 0. The minimum atomic E-state index is -0.788. The van der Waals surface area contributed by atoms with Crippen LogP contribution < -0.4 is 5.56 Å². The lowest BCUT2D eigenvalue weighted by Crippen LogP contribution is -2.36. The number of nitrogens with zero attached hydrogens (tertiary/aromatic N) is 5. The molecule has 0 spiro atoms. The highest BCUT2D eigenvalue weighted by molar-refractivity contribution is 5.80. The molecular formula is C16H21N5O2. The molecule has 0 aliphatic heterocycles. The SMILES string of the molecule is CN(Cc1nnc2n(C)c(=O)c3ccccc3n12)CC(C)(C)O. The average molecular weight is 315 g/mol. The molecule has 0 saturated carbocycles. The molecule has 3 aromatic rings. The van der Waals surface area contributed by atoms with E-state index in [0.29, 0.717) is 24.3 Å². The zero-order valence-corrected chi connectivity index (χ0v) is 13.8. The molecule has 23 heavy (non-hydrogen) atoms. The van der Waals surface area contributed by atoms with Crippen molar-refractivity contribution in [2.45, 2.75) is 26.0 Å². The summed E-state index contributed by atoms with van der Waals surface area (Å²) < 4.78 is 3.41. The number of benzene rings is 1. The van der Waals surface area contributed by atoms with E-state index in [9.17, 15) is 9.90 Å². The first-order valence-corrected chi connectivity index (χ1v) is 7.50. The molecule has 0 atom stereocenters. The molecule has 3 rings (SSSR count). The number of rotatable bonds is 4. The first kappa shape index (κ1) is 15.6. The Morgan fingerprint density at radius 2 is 1.96 bits per heavy atom. The summed E-state index contributed by atoms with van der Waals surface area (Å²) in [5.74, 6) is 1.25. The molecule has 0 aliphatic carbocycles. The molecule has 0 radical (unpaired) electrons. The molecule has 0 fully saturated rings. The van der Waals surface area contributed by atoms with E-state index in [4.69, 9.17) is 0 Å². The molecule has 2 aromatic heterocycles. The molecule has 2 heterocycles. The van der Waals surface area contributed by atoms with Gasteiger partial charge in [-0.15, -0.1) is 10.2 Å². The Bertz CT molecular complexity index is 920. The summed E-state index contributed by atoms with van der Waals surface area (Å²) in [5, 5.41) is 19.0. The van der Waals surface area contributed by atoms with Crippen LogP contribution in [0.1, 0.15) is 19.7 Å². The van der Waals surface area contributed by atoms with E-state index in [1.807, 2.05) is 34.5 Å². The largest absolute Gasteiger partial charge is 0.389 e. The second-order valence-electron chi connectivity index (χ2n) is 6.62. The fraction of sp³-hybridized carbons (Fsp3) is 0.438. The molecule has 0 bridgehead atoms. The molecule has 7 nitrogen and oxygen atoms in total. The van der Waals surface area contributed by atoms with Gasteiger partial charge < -0.3 is 5.11 Å². The Morgan fingerprint density at radius 3 is 2.65 bits per heavy atom. The van der Waals surface area contributed by atoms with E-state index in [1.165, 1.54) is 4.57 Å². The molecule has 0 aliphatic rings. The van der Waals surface area contributed by atoms with Gasteiger partial charge in [0.1, 0.15) is 0 Å². The molecular weight excluding hydrogens is 294 g/mol. The number of aryl methyl sites for hydroxylation is 1. The predicted octanol–water partition coefficient (Wildman–Crippen LogP) is 0.784. The van der Waals surface area contributed by atoms with Gasteiger partial charge in [0.2, 0.25) is 5.78 Å². The van der Waals surface area contributed by atoms with Gasteiger partial charge in [-0.05, 0) is 33.0 Å². The average Bonchev–Trinajstić information content (AvgIpc) is 2.86. The molecule has 122 valence electrons. The van der Waals surface area contributed by atoms with Crippen LogP contribution in [-0.4, -0.2) is 48.4 Å². The van der Waals surface area contributed by atoms with Gasteiger partial charge in [0.25, 0.3) is 5.56 Å². The highest BCUT2D eigenvalue weighted by Gasteiger charge is 2.19. The van der Waals surface area contributed by atoms with Gasteiger partial charge in [0.15, 0.2) is 5.82 Å². The van der Waals surface area contributed by atoms with Crippen molar-refractivity contribution in [3.05, 3.63) is 40.4 Å². The predicted molar refractivity (Wildman–Crippen MR) is 88.4 cm³/mol. The van der Waals surface area contributed by atoms with Crippen LogP contribution in [0.25, 0.3) is 16.7 Å². The van der Waals surface area contributed by atoms with Crippen LogP contribution in [0.3, 0.4) is 0 Å². The van der Waals surface area contributed by atoms with Crippen LogP contribution in [0, 0.1) is 0 Å². The van der Waals surface area contributed by atoms with Gasteiger partial charge >= 0.3 is 0 Å². The zero-order chi connectivity index (χ0) is 16.8. The van der Waals surface area contributed by atoms with Crippen molar-refractivity contribution in [1.82, 2.24) is 24.1 Å². The summed E-state index contributed by atoms with van der Waals surface area (Å²) in [7, 11) is 3.62. The highest BCUT2D eigenvalue weighted by Crippen LogP contribution is 2.15. The number of hydrogen-bond donors (Lipinski definition) is 1. The number of likely N-dealkylation sites (N-methyl/N-ethyl adjacent to an activating group) is 1. The zero-order valence-electron chi connectivity index (χ0n) is 13.8. The summed E-state index contributed by atoms with van der Waals surface area (Å²) in [5.41, 5.74) is -0.0800. The van der Waals surface area contributed by atoms with Crippen molar-refractivity contribution in [3.8, 4) is 0 Å². The van der Waals surface area contributed by atoms with E-state index in [0.717, 1.165) is 11.3 Å². The third-order valence-electron chi connectivity index (χ3n) is 3.76. The molecule has 7 heteroatoms. The monoisotopic (exact) mass is 315 g/mol. The fourth-order valence-electron chi connectivity index (χ4n) is 2.95. The summed E-state index contributed by atoms with van der Waals surface area (Å²) in [6.07, 6.45) is 0. The second-order valence-corrected chi connectivity index (χ2v) is 6.62. The first-order valence-electron chi connectivity index (χ1n) is 7.50. The number of aromatic nitrogens is 4. The van der Waals surface area contributed by atoms with Crippen LogP contribution in [0.2, 0.25) is 0 Å². The van der Waals surface area contributed by atoms with E-state index in [2.05, 4.69) is 10.2 Å². The Morgan fingerprint density at radius 1 is 1.26 bits per heavy atom. The Balaban J connectivity index is 2.15. The minimum absolute atomic E-state index is 0.0862. The number of aliphatic hydroxyl groups is 1. The van der Waals surface area contributed by atoms with E-state index in [1.54, 1.807) is 27.0 Å². The smallest absolute Gasteiger partial charge is 0.262 e. The van der Waals surface area contributed by atoms with Gasteiger partial charge in [-0.1, -0.05) is 12.1 Å². The Kier molecular flexibility index (Phi) is 3.69. The lowest BCUT2D eigenvalue weighted by molar-refractivity contribution is 0.0417. The molecule has 0 saturated heterocycles. The standard InChI is InChI=1S/C16H21N5O2/c1-16(2,23)10-19(3)9-13-17-18-15-20(4)14(22)11-7-5-6-8-12(11)21(13)15/h5-8,23H,9-10H2,1-4H3. The van der Waals surface area contributed by atoms with Crippen LogP contribution in [0.4, 0.5) is 0 Å². The van der Waals surface area contributed by atoms with Crippen LogP contribution in [0.15, 0.2) is 29.1 Å². The third kappa shape index (κ3) is 2.85. The topological polar surface area (TPSA) is 75.7 Å². The van der Waals surface area contributed by atoms with E-state index in [-0.39, 0.29) is 5.56 Å². The lowest BCUT2D eigenvalue weighted by Gasteiger charge is -2.24. The maximum atomic E-state index is 12.4. The van der Waals surface area contributed by atoms with Crippen molar-refractivity contribution in [3.63, 3.8) is 0 Å². The third-order valence-corrected chi connectivity index (χ3v) is 3.76. The summed E-state index contributed by atoms with van der Waals surface area (Å²) in [6.45, 7) is 4.56. The van der Waals surface area contributed by atoms with Gasteiger partial charge in [-0.2, -0.15) is 0 Å². The number of fused-ring (bicyclic) bond motifs is 3. The van der Waals surface area contributed by atoms with Crippen molar-refractivity contribution in [1.29, 1.82) is 0 Å². The van der Waals surface area contributed by atoms with Crippen molar-refractivity contribution < 1.29 is 5.11 Å². The normalized spacial score (nSPS) is 12.6. The van der Waals surface area contributed by atoms with Gasteiger partial charge in [0.05, 0.1) is 23.0 Å². The van der Waals surface area contributed by atoms with Crippen molar-refractivity contribution in [2.24, 2.45) is 7.05 Å². The summed E-state index contributed by atoms with van der Waals surface area (Å²) in [4.78, 5) is 14.4. The molecule has 0 unspecified atom stereocenters. The number of para-hydroxylation sites is 1. The van der Waals surface area contributed by atoms with Gasteiger partial charge in [0, 0.05) is 13.6 Å². The van der Waals surface area contributed by atoms with Crippen LogP contribution in [0.5, 0.6) is 0 Å². The van der Waals surface area contributed by atoms with Crippen molar-refractivity contribution >= 4 is 16.7 Å². The van der Waals surface area contributed by atoms with Gasteiger partial charge in [-0.3, -0.25) is 18.7 Å². The quantitative estimate of drug-likeness (QED) is 0.770. The Hall–Kier alpha value is -2.25. The number of hydrogen-bond acceptors (Lipinski definition) is 5. The molecule has 0 amide bonds. The van der Waals surface area contributed by atoms with Gasteiger partial charge in [-0.25, -0.2) is 0 Å².